The van der Waals surface area contributed by atoms with E-state index in [1.807, 2.05) is 6.92 Å². The number of carbonyl (C=O) groups excluding carboxylic acids is 1. The normalized spacial score (nSPS) is 11.9. The summed E-state index contributed by atoms with van der Waals surface area (Å²) in [4.78, 5) is 21.5. The fraction of sp³-hybridized carbons (Fsp3) is 0.333. The number of anilines is 1. The molecule has 0 fully saturated rings. The van der Waals surface area contributed by atoms with Crippen LogP contribution in [-0.2, 0) is 0 Å². The molecule has 2 heterocycles. The zero-order valence-electron chi connectivity index (χ0n) is 11.1. The summed E-state index contributed by atoms with van der Waals surface area (Å²) >= 11 is 0. The number of rotatable bonds is 4. The van der Waals surface area contributed by atoms with Gasteiger partial charge in [0.05, 0.1) is 6.04 Å². The number of hydrogen-bond donors (Lipinski definition) is 2. The van der Waals surface area contributed by atoms with Crippen molar-refractivity contribution in [1.29, 1.82) is 0 Å². The number of carbonyl (C=O) groups is 1. The largest absolute Gasteiger partial charge is 0.375 e. The van der Waals surface area contributed by atoms with Gasteiger partial charge in [-0.05, 0) is 19.1 Å². The Bertz CT molecular complexity index is 551. The SMILES string of the molecule is CC(Nc1ccnc(C(=O)N(C)C)c1)c1ncn[nH]1. The van der Waals surface area contributed by atoms with Gasteiger partial charge in [-0.3, -0.25) is 14.9 Å². The summed E-state index contributed by atoms with van der Waals surface area (Å²) in [5, 5.41) is 9.84. The van der Waals surface area contributed by atoms with Crippen LogP contribution in [0, 0.1) is 0 Å². The highest BCUT2D eigenvalue weighted by Crippen LogP contribution is 2.16. The first kappa shape index (κ1) is 13.0. The Hall–Kier alpha value is -2.44. The molecule has 100 valence electrons. The Morgan fingerprint density at radius 3 is 2.84 bits per heavy atom. The number of nitrogens with zero attached hydrogens (tertiary/aromatic N) is 4. The van der Waals surface area contributed by atoms with Gasteiger partial charge < -0.3 is 10.2 Å². The molecular weight excluding hydrogens is 244 g/mol. The maximum atomic E-state index is 11.8. The highest BCUT2D eigenvalue weighted by Gasteiger charge is 2.12. The molecule has 0 saturated heterocycles. The van der Waals surface area contributed by atoms with Gasteiger partial charge in [0.1, 0.15) is 17.8 Å². The van der Waals surface area contributed by atoms with E-state index >= 15 is 0 Å². The molecule has 19 heavy (non-hydrogen) atoms. The van der Waals surface area contributed by atoms with E-state index in [4.69, 9.17) is 0 Å². The summed E-state index contributed by atoms with van der Waals surface area (Å²) < 4.78 is 0. The molecule has 2 aromatic heterocycles. The Balaban J connectivity index is 2.13. The molecular formula is C12H16N6O. The Morgan fingerprint density at radius 2 is 2.21 bits per heavy atom. The molecule has 0 bridgehead atoms. The number of aromatic nitrogens is 4. The molecule has 7 heteroatoms. The van der Waals surface area contributed by atoms with Crippen molar-refractivity contribution in [3.8, 4) is 0 Å². The third-order valence-corrected chi connectivity index (χ3v) is 2.61. The lowest BCUT2D eigenvalue weighted by molar-refractivity contribution is 0.0822. The molecule has 0 aliphatic heterocycles. The van der Waals surface area contributed by atoms with Crippen molar-refractivity contribution in [2.24, 2.45) is 0 Å². The maximum Gasteiger partial charge on any atom is 0.272 e. The first-order valence-electron chi connectivity index (χ1n) is 5.87. The molecule has 1 atom stereocenters. The number of nitrogens with one attached hydrogen (secondary N) is 2. The number of aromatic amines is 1. The molecule has 1 unspecified atom stereocenters. The number of amides is 1. The minimum Gasteiger partial charge on any atom is -0.375 e. The number of hydrogen-bond acceptors (Lipinski definition) is 5. The number of H-pyrrole nitrogens is 1. The van der Waals surface area contributed by atoms with Crippen LogP contribution in [-0.4, -0.2) is 45.1 Å². The van der Waals surface area contributed by atoms with Crippen molar-refractivity contribution in [1.82, 2.24) is 25.1 Å². The van der Waals surface area contributed by atoms with Gasteiger partial charge in [0.25, 0.3) is 5.91 Å². The molecule has 2 N–H and O–H groups in total. The second-order valence-corrected chi connectivity index (χ2v) is 4.37. The lowest BCUT2D eigenvalue weighted by Crippen LogP contribution is -2.22. The van der Waals surface area contributed by atoms with E-state index < -0.39 is 0 Å². The first-order valence-corrected chi connectivity index (χ1v) is 5.87. The van der Waals surface area contributed by atoms with Gasteiger partial charge >= 0.3 is 0 Å². The van der Waals surface area contributed by atoms with Gasteiger partial charge in [0.15, 0.2) is 0 Å². The summed E-state index contributed by atoms with van der Waals surface area (Å²) in [5.74, 6) is 0.605. The molecule has 0 aliphatic carbocycles. The number of pyridine rings is 1. The summed E-state index contributed by atoms with van der Waals surface area (Å²) in [5.41, 5.74) is 1.21. The van der Waals surface area contributed by atoms with Crippen LogP contribution in [0.4, 0.5) is 5.69 Å². The van der Waals surface area contributed by atoms with Crippen LogP contribution in [0.5, 0.6) is 0 Å². The van der Waals surface area contributed by atoms with Crippen LogP contribution in [0.2, 0.25) is 0 Å². The van der Waals surface area contributed by atoms with Crippen molar-refractivity contribution in [3.63, 3.8) is 0 Å². The van der Waals surface area contributed by atoms with Gasteiger partial charge in [-0.1, -0.05) is 0 Å². The molecule has 0 aliphatic rings. The van der Waals surface area contributed by atoms with Gasteiger partial charge in [-0.2, -0.15) is 5.10 Å². The average Bonchev–Trinajstić information content (AvgIpc) is 2.92. The molecule has 0 spiro atoms. The van der Waals surface area contributed by atoms with Crippen LogP contribution in [0.3, 0.4) is 0 Å². The second-order valence-electron chi connectivity index (χ2n) is 4.37. The van der Waals surface area contributed by atoms with Crippen molar-refractivity contribution >= 4 is 11.6 Å². The molecule has 0 aromatic carbocycles. The van der Waals surface area contributed by atoms with E-state index in [2.05, 4.69) is 25.5 Å². The Labute approximate surface area is 111 Å². The fourth-order valence-corrected chi connectivity index (χ4v) is 1.61. The summed E-state index contributed by atoms with van der Waals surface area (Å²) in [7, 11) is 3.39. The molecule has 7 nitrogen and oxygen atoms in total. The van der Waals surface area contributed by atoms with E-state index in [1.165, 1.54) is 11.2 Å². The molecule has 1 amide bonds. The van der Waals surface area contributed by atoms with Gasteiger partial charge in [-0.15, -0.1) is 0 Å². The van der Waals surface area contributed by atoms with E-state index in [9.17, 15) is 4.79 Å². The zero-order chi connectivity index (χ0) is 13.8. The minimum atomic E-state index is -0.129. The lowest BCUT2D eigenvalue weighted by atomic mass is 10.2. The van der Waals surface area contributed by atoms with Gasteiger partial charge in [0.2, 0.25) is 0 Å². The van der Waals surface area contributed by atoms with Crippen LogP contribution in [0.1, 0.15) is 29.3 Å². The topological polar surface area (TPSA) is 86.8 Å². The van der Waals surface area contributed by atoms with Crippen LogP contribution in [0.25, 0.3) is 0 Å². The molecule has 2 rings (SSSR count). The highest BCUT2D eigenvalue weighted by molar-refractivity contribution is 5.92. The maximum absolute atomic E-state index is 11.8. The predicted octanol–water partition coefficient (Wildman–Crippen LogP) is 1.07. The third-order valence-electron chi connectivity index (χ3n) is 2.61. The van der Waals surface area contributed by atoms with Crippen molar-refractivity contribution in [3.05, 3.63) is 36.2 Å². The summed E-state index contributed by atoms with van der Waals surface area (Å²) in [6.45, 7) is 1.95. The smallest absolute Gasteiger partial charge is 0.272 e. The first-order chi connectivity index (χ1) is 9.08. The Morgan fingerprint density at radius 1 is 1.42 bits per heavy atom. The average molecular weight is 260 g/mol. The highest BCUT2D eigenvalue weighted by atomic mass is 16.2. The van der Waals surface area contributed by atoms with E-state index in [-0.39, 0.29) is 11.9 Å². The van der Waals surface area contributed by atoms with Gasteiger partial charge in [0, 0.05) is 26.0 Å². The van der Waals surface area contributed by atoms with Crippen LogP contribution < -0.4 is 5.32 Å². The van der Waals surface area contributed by atoms with Crippen molar-refractivity contribution in [2.75, 3.05) is 19.4 Å². The van der Waals surface area contributed by atoms with Gasteiger partial charge in [-0.25, -0.2) is 4.98 Å². The molecule has 0 radical (unpaired) electrons. The van der Waals surface area contributed by atoms with E-state index in [0.29, 0.717) is 5.69 Å². The quantitative estimate of drug-likeness (QED) is 0.858. The van der Waals surface area contributed by atoms with E-state index in [1.54, 1.807) is 32.4 Å². The molecule has 2 aromatic rings. The zero-order valence-corrected chi connectivity index (χ0v) is 11.1. The van der Waals surface area contributed by atoms with Crippen LogP contribution in [0.15, 0.2) is 24.7 Å². The van der Waals surface area contributed by atoms with Crippen molar-refractivity contribution in [2.45, 2.75) is 13.0 Å². The fourth-order valence-electron chi connectivity index (χ4n) is 1.61. The second kappa shape index (κ2) is 5.47. The third kappa shape index (κ3) is 3.06. The standard InChI is InChI=1S/C12H16N6O/c1-8(11-14-7-15-17-11)16-9-4-5-13-10(6-9)12(19)18(2)3/h4-8H,1-3H3,(H,13,16)(H,14,15,17). The molecule has 0 saturated carbocycles. The Kier molecular flexibility index (Phi) is 3.74. The van der Waals surface area contributed by atoms with Crippen molar-refractivity contribution < 1.29 is 4.79 Å². The summed E-state index contributed by atoms with van der Waals surface area (Å²) in [6, 6.07) is 3.49. The summed E-state index contributed by atoms with van der Waals surface area (Å²) in [6.07, 6.45) is 3.06. The van der Waals surface area contributed by atoms with Crippen LogP contribution >= 0.6 is 0 Å². The van der Waals surface area contributed by atoms with E-state index in [0.717, 1.165) is 11.5 Å². The predicted molar refractivity (Wildman–Crippen MR) is 70.7 cm³/mol. The minimum absolute atomic E-state index is 0.0350. The lowest BCUT2D eigenvalue weighted by Gasteiger charge is -2.14. The monoisotopic (exact) mass is 260 g/mol.